The Kier molecular flexibility index (Phi) is 6.44. The normalized spacial score (nSPS) is 15.6. The highest BCUT2D eigenvalue weighted by Crippen LogP contribution is 2.49. The fourth-order valence-electron chi connectivity index (χ4n) is 3.29. The minimum atomic E-state index is -0.826. The summed E-state index contributed by atoms with van der Waals surface area (Å²) in [7, 11) is -0.826. The molecule has 0 heterocycles. The van der Waals surface area contributed by atoms with Crippen molar-refractivity contribution in [2.24, 2.45) is 5.92 Å². The standard InChI is InChI=1S/C25H25O2P/c1-18(2)24(19(3)4)27-25(26)22-16-11-17-23(22)28(20-12-7-5-8-13-20)21-14-9-6-10-15-21/h5-17,22,24H,1,3H2,2,4H3. The van der Waals surface area contributed by atoms with E-state index in [0.29, 0.717) is 0 Å². The number of rotatable bonds is 7. The summed E-state index contributed by atoms with van der Waals surface area (Å²) in [6, 6.07) is 20.7. The number of hydrogen-bond acceptors (Lipinski definition) is 2. The second-order valence-corrected chi connectivity index (χ2v) is 9.19. The quantitative estimate of drug-likeness (QED) is 0.368. The summed E-state index contributed by atoms with van der Waals surface area (Å²) in [5.41, 5.74) is 1.56. The molecule has 28 heavy (non-hydrogen) atoms. The van der Waals surface area contributed by atoms with Crippen molar-refractivity contribution >= 4 is 24.5 Å². The Balaban J connectivity index is 1.94. The zero-order valence-electron chi connectivity index (χ0n) is 16.3. The van der Waals surface area contributed by atoms with E-state index in [-0.39, 0.29) is 5.97 Å². The number of carbonyl (C=O) groups excluding carboxylic acids is 1. The maximum atomic E-state index is 13.1. The number of esters is 1. The third-order valence-corrected chi connectivity index (χ3v) is 7.13. The van der Waals surface area contributed by atoms with E-state index in [1.54, 1.807) is 0 Å². The molecule has 0 saturated heterocycles. The molecule has 1 unspecified atom stereocenters. The molecule has 0 saturated carbocycles. The van der Waals surface area contributed by atoms with Crippen LogP contribution in [0, 0.1) is 5.92 Å². The zero-order valence-corrected chi connectivity index (χ0v) is 17.2. The van der Waals surface area contributed by atoms with Crippen LogP contribution in [0.2, 0.25) is 0 Å². The minimum Gasteiger partial charge on any atom is -0.453 e. The Bertz CT molecular complexity index is 872. The van der Waals surface area contributed by atoms with Crippen molar-refractivity contribution in [3.63, 3.8) is 0 Å². The van der Waals surface area contributed by atoms with Gasteiger partial charge in [0.15, 0.2) is 0 Å². The van der Waals surface area contributed by atoms with E-state index in [0.717, 1.165) is 16.5 Å². The van der Waals surface area contributed by atoms with Crippen molar-refractivity contribution < 1.29 is 9.53 Å². The number of hydrogen-bond donors (Lipinski definition) is 0. The first-order valence-electron chi connectivity index (χ1n) is 9.29. The van der Waals surface area contributed by atoms with Crippen LogP contribution < -0.4 is 10.6 Å². The van der Waals surface area contributed by atoms with E-state index < -0.39 is 19.9 Å². The van der Waals surface area contributed by atoms with Gasteiger partial charge in [-0.1, -0.05) is 92.0 Å². The molecule has 0 radical (unpaired) electrons. The second-order valence-electron chi connectivity index (χ2n) is 6.97. The maximum Gasteiger partial charge on any atom is 0.318 e. The molecule has 2 aromatic rings. The molecule has 0 N–H and O–H groups in total. The molecule has 0 fully saturated rings. The number of benzene rings is 2. The monoisotopic (exact) mass is 388 g/mol. The minimum absolute atomic E-state index is 0.254. The molecule has 1 aliphatic rings. The summed E-state index contributed by atoms with van der Waals surface area (Å²) >= 11 is 0. The van der Waals surface area contributed by atoms with E-state index in [1.165, 1.54) is 10.6 Å². The van der Waals surface area contributed by atoms with E-state index >= 15 is 0 Å². The van der Waals surface area contributed by atoms with Gasteiger partial charge in [0.2, 0.25) is 0 Å². The molecule has 2 nitrogen and oxygen atoms in total. The van der Waals surface area contributed by atoms with Crippen LogP contribution in [0.5, 0.6) is 0 Å². The lowest BCUT2D eigenvalue weighted by Gasteiger charge is -2.26. The second kappa shape index (κ2) is 8.99. The highest BCUT2D eigenvalue weighted by molar-refractivity contribution is 7.76. The van der Waals surface area contributed by atoms with Gasteiger partial charge < -0.3 is 4.74 Å². The van der Waals surface area contributed by atoms with Crippen LogP contribution in [0.1, 0.15) is 13.8 Å². The fraction of sp³-hybridized carbons (Fsp3) is 0.160. The molecule has 142 valence electrons. The molecule has 2 aromatic carbocycles. The van der Waals surface area contributed by atoms with Crippen LogP contribution in [-0.4, -0.2) is 12.1 Å². The lowest BCUT2D eigenvalue weighted by Crippen LogP contribution is -2.26. The van der Waals surface area contributed by atoms with E-state index in [2.05, 4.69) is 43.5 Å². The average Bonchev–Trinajstić information content (AvgIpc) is 3.17. The Morgan fingerprint density at radius 1 is 0.929 bits per heavy atom. The highest BCUT2D eigenvalue weighted by atomic mass is 31.1. The van der Waals surface area contributed by atoms with Crippen molar-refractivity contribution in [1.29, 1.82) is 0 Å². The Hall–Kier alpha value is -2.70. The van der Waals surface area contributed by atoms with Crippen molar-refractivity contribution in [1.82, 2.24) is 0 Å². The summed E-state index contributed by atoms with van der Waals surface area (Å²) < 4.78 is 5.79. The lowest BCUT2D eigenvalue weighted by molar-refractivity contribution is -0.147. The van der Waals surface area contributed by atoms with Gasteiger partial charge in [0.25, 0.3) is 0 Å². The van der Waals surface area contributed by atoms with Crippen LogP contribution in [0.25, 0.3) is 0 Å². The van der Waals surface area contributed by atoms with Gasteiger partial charge in [0, 0.05) is 0 Å². The van der Waals surface area contributed by atoms with Crippen molar-refractivity contribution in [3.05, 3.63) is 109 Å². The third-order valence-electron chi connectivity index (χ3n) is 4.56. The van der Waals surface area contributed by atoms with Gasteiger partial charge in [-0.15, -0.1) is 0 Å². The molecule has 3 heteroatoms. The molecular formula is C25H25O2P. The smallest absolute Gasteiger partial charge is 0.318 e. The molecule has 3 rings (SSSR count). The van der Waals surface area contributed by atoms with Gasteiger partial charge in [-0.3, -0.25) is 4.79 Å². The van der Waals surface area contributed by atoms with Crippen LogP contribution in [0.4, 0.5) is 0 Å². The van der Waals surface area contributed by atoms with Crippen LogP contribution in [0.3, 0.4) is 0 Å². The van der Waals surface area contributed by atoms with Gasteiger partial charge >= 0.3 is 5.97 Å². The molecule has 0 spiro atoms. The first-order valence-corrected chi connectivity index (χ1v) is 10.6. The first kappa shape index (κ1) is 20.0. The molecule has 0 aliphatic heterocycles. The van der Waals surface area contributed by atoms with E-state index in [1.807, 2.05) is 62.4 Å². The summed E-state index contributed by atoms with van der Waals surface area (Å²) in [6.07, 6.45) is 5.49. The number of allylic oxidation sites excluding steroid dienone is 2. The summed E-state index contributed by atoms with van der Waals surface area (Å²) in [5.74, 6) is -0.650. The van der Waals surface area contributed by atoms with Crippen LogP contribution >= 0.6 is 7.92 Å². The maximum absolute atomic E-state index is 13.1. The van der Waals surface area contributed by atoms with Gasteiger partial charge in [0.1, 0.15) is 12.0 Å². The van der Waals surface area contributed by atoms with Crippen molar-refractivity contribution in [2.75, 3.05) is 0 Å². The van der Waals surface area contributed by atoms with Crippen LogP contribution in [-0.2, 0) is 9.53 Å². The Labute approximate surface area is 168 Å². The van der Waals surface area contributed by atoms with Gasteiger partial charge in [-0.05, 0) is 48.8 Å². The van der Waals surface area contributed by atoms with Crippen LogP contribution in [0.15, 0.2) is 109 Å². The summed E-state index contributed by atoms with van der Waals surface area (Å²) in [6.45, 7) is 11.6. The van der Waals surface area contributed by atoms with Gasteiger partial charge in [0.05, 0.1) is 0 Å². The van der Waals surface area contributed by atoms with E-state index in [4.69, 9.17) is 4.74 Å². The van der Waals surface area contributed by atoms with Gasteiger partial charge in [-0.25, -0.2) is 0 Å². The number of ether oxygens (including phenoxy) is 1. The summed E-state index contributed by atoms with van der Waals surface area (Å²) in [4.78, 5) is 13.1. The fourth-order valence-corrected chi connectivity index (χ4v) is 5.83. The predicted molar refractivity (Wildman–Crippen MR) is 119 cm³/mol. The zero-order chi connectivity index (χ0) is 20.1. The van der Waals surface area contributed by atoms with Crippen molar-refractivity contribution in [3.8, 4) is 0 Å². The molecule has 1 atom stereocenters. The molecule has 0 bridgehead atoms. The average molecular weight is 388 g/mol. The van der Waals surface area contributed by atoms with Crippen molar-refractivity contribution in [2.45, 2.75) is 20.0 Å². The lowest BCUT2D eigenvalue weighted by atomic mass is 10.1. The topological polar surface area (TPSA) is 26.3 Å². The van der Waals surface area contributed by atoms with Gasteiger partial charge in [-0.2, -0.15) is 0 Å². The predicted octanol–water partition coefficient (Wildman–Crippen LogP) is 5.25. The Morgan fingerprint density at radius 2 is 1.43 bits per heavy atom. The largest absolute Gasteiger partial charge is 0.453 e. The first-order chi connectivity index (χ1) is 13.5. The summed E-state index contributed by atoms with van der Waals surface area (Å²) in [5, 5.41) is 3.51. The third kappa shape index (κ3) is 4.40. The molecule has 1 aliphatic carbocycles. The van der Waals surface area contributed by atoms with E-state index in [9.17, 15) is 4.79 Å². The Morgan fingerprint density at radius 3 is 1.89 bits per heavy atom. The molecular weight excluding hydrogens is 363 g/mol. The SMILES string of the molecule is C=C(C)C(OC(=O)C1C=CC=C1P(c1ccccc1)c1ccccc1)C(=C)C. The number of carbonyl (C=O) groups is 1. The highest BCUT2D eigenvalue weighted by Gasteiger charge is 2.33. The molecule has 0 amide bonds. The molecule has 0 aromatic heterocycles.